The van der Waals surface area contributed by atoms with Gasteiger partial charge in [-0.15, -0.1) is 0 Å². The van der Waals surface area contributed by atoms with Gasteiger partial charge in [0.25, 0.3) is 0 Å². The van der Waals surface area contributed by atoms with Crippen LogP contribution in [0.15, 0.2) is 0 Å². The summed E-state index contributed by atoms with van der Waals surface area (Å²) in [6.07, 6.45) is 23.9. The molecule has 0 atom stereocenters. The van der Waals surface area contributed by atoms with Crippen LogP contribution in [0.4, 0.5) is 0 Å². The van der Waals surface area contributed by atoms with E-state index in [-0.39, 0.29) is 0 Å². The van der Waals surface area contributed by atoms with Gasteiger partial charge in [-0.1, -0.05) is 116 Å². The lowest BCUT2D eigenvalue weighted by molar-refractivity contribution is 0.531. The molecule has 0 fully saturated rings. The first kappa shape index (κ1) is 20.4. The molecular formula is C18H42Si2. The molecule has 20 heavy (non-hydrogen) atoms. The fourth-order valence-electron chi connectivity index (χ4n) is 2.97. The molecule has 0 saturated heterocycles. The second kappa shape index (κ2) is 19.4. The van der Waals surface area contributed by atoms with Crippen molar-refractivity contribution in [3.8, 4) is 0 Å². The van der Waals surface area contributed by atoms with E-state index in [1.54, 1.807) is 22.2 Å². The van der Waals surface area contributed by atoms with E-state index in [0.29, 0.717) is 9.04 Å². The van der Waals surface area contributed by atoms with Crippen molar-refractivity contribution in [1.82, 2.24) is 0 Å². The van der Waals surface area contributed by atoms with Crippen molar-refractivity contribution < 1.29 is 0 Å². The van der Waals surface area contributed by atoms with Crippen LogP contribution in [-0.4, -0.2) is 18.8 Å². The van der Waals surface area contributed by atoms with Gasteiger partial charge >= 0.3 is 0 Å². The molecule has 0 aromatic rings. The normalized spacial score (nSPS) is 11.8. The van der Waals surface area contributed by atoms with Gasteiger partial charge < -0.3 is 0 Å². The molecule has 0 aliphatic rings. The molecule has 0 aromatic carbocycles. The Labute approximate surface area is 134 Å². The lowest BCUT2D eigenvalue weighted by atomic mass is 10.0. The minimum Gasteiger partial charge on any atom is -0.0655 e. The Balaban J connectivity index is 2.89. The zero-order chi connectivity index (χ0) is 14.7. The lowest BCUT2D eigenvalue weighted by Gasteiger charge is -2.03. The minimum atomic E-state index is 0.488. The summed E-state index contributed by atoms with van der Waals surface area (Å²) >= 11 is 0. The molecule has 0 unspecified atom stereocenters. The molecule has 0 aliphatic heterocycles. The summed E-state index contributed by atoms with van der Waals surface area (Å²) in [5, 5.41) is 0. The van der Waals surface area contributed by atoms with Gasteiger partial charge in [-0.2, -0.15) is 0 Å². The van der Waals surface area contributed by atoms with Gasteiger partial charge in [0.1, 0.15) is 0 Å². The van der Waals surface area contributed by atoms with Gasteiger partial charge in [0.2, 0.25) is 0 Å². The lowest BCUT2D eigenvalue weighted by Crippen LogP contribution is -1.87. The zero-order valence-corrected chi connectivity index (χ0v) is 18.1. The van der Waals surface area contributed by atoms with Crippen molar-refractivity contribution in [3.05, 3.63) is 0 Å². The monoisotopic (exact) mass is 314 g/mol. The number of hydrogen-bond donors (Lipinski definition) is 0. The average Bonchev–Trinajstić information content (AvgIpc) is 2.47. The van der Waals surface area contributed by atoms with E-state index < -0.39 is 0 Å². The summed E-state index contributed by atoms with van der Waals surface area (Å²) in [4.78, 5) is 0. The summed E-state index contributed by atoms with van der Waals surface area (Å²) in [6, 6.07) is 1.64. The first-order valence-electron chi connectivity index (χ1n) is 9.91. The Hall–Kier alpha value is 0.434. The highest BCUT2D eigenvalue weighted by atomic mass is 29.1. The van der Waals surface area contributed by atoms with Gasteiger partial charge in [0.15, 0.2) is 0 Å². The third-order valence-corrected chi connectivity index (χ3v) is 7.79. The predicted octanol–water partition coefficient (Wildman–Crippen LogP) is 5.12. The molecule has 0 nitrogen and oxygen atoms in total. The van der Waals surface area contributed by atoms with Crippen molar-refractivity contribution in [2.75, 3.05) is 0 Å². The highest BCUT2D eigenvalue weighted by molar-refractivity contribution is 6.89. The largest absolute Gasteiger partial charge is 0.0655 e. The maximum Gasteiger partial charge on any atom is 0.00412 e. The fourth-order valence-corrected chi connectivity index (χ4v) is 5.33. The summed E-state index contributed by atoms with van der Waals surface area (Å²) in [5.74, 6) is 0. The smallest absolute Gasteiger partial charge is 0.00412 e. The van der Waals surface area contributed by atoms with Crippen LogP contribution in [-0.2, 0) is 0 Å². The first-order chi connectivity index (χ1) is 9.91. The number of unbranched alkanes of at least 4 members (excludes halogenated alkanes) is 15. The van der Waals surface area contributed by atoms with Gasteiger partial charge in [-0.25, -0.2) is 0 Å². The quantitative estimate of drug-likeness (QED) is 0.258. The highest BCUT2D eigenvalue weighted by Crippen LogP contribution is 2.13. The molecular weight excluding hydrogens is 272 g/mol. The van der Waals surface area contributed by atoms with Crippen molar-refractivity contribution in [1.29, 1.82) is 0 Å². The highest BCUT2D eigenvalue weighted by Gasteiger charge is 1.94. The molecule has 0 aliphatic carbocycles. The Kier molecular flexibility index (Phi) is 19.9. The molecule has 0 bridgehead atoms. The summed E-state index contributed by atoms with van der Waals surface area (Å²) in [6.45, 7) is 2.30. The minimum absolute atomic E-state index is 0.488. The SMILES string of the molecule is CCCCCCCCCCCCCCCCCC[SiH2][SiH3]. The van der Waals surface area contributed by atoms with Crippen molar-refractivity contribution >= 4 is 18.8 Å². The second-order valence-electron chi connectivity index (χ2n) is 6.66. The molecule has 2 heteroatoms. The van der Waals surface area contributed by atoms with E-state index in [2.05, 4.69) is 6.92 Å². The number of hydrogen-bond acceptors (Lipinski definition) is 0. The van der Waals surface area contributed by atoms with Crippen LogP contribution in [0.3, 0.4) is 0 Å². The van der Waals surface area contributed by atoms with Crippen LogP contribution in [0.5, 0.6) is 0 Å². The third kappa shape index (κ3) is 18.4. The topological polar surface area (TPSA) is 0 Å². The molecule has 0 aromatic heterocycles. The van der Waals surface area contributed by atoms with Gasteiger partial charge in [0, 0.05) is 9.04 Å². The van der Waals surface area contributed by atoms with Gasteiger partial charge in [0.05, 0.1) is 0 Å². The standard InChI is InChI=1S/C18H42Si2/c1-2-3-4-5-6-7-8-9-10-11-12-13-14-15-16-17-18-20-19/h2-18,20H2,1,19H3. The van der Waals surface area contributed by atoms with E-state index >= 15 is 0 Å². The van der Waals surface area contributed by atoms with E-state index in [9.17, 15) is 0 Å². The third-order valence-electron chi connectivity index (χ3n) is 4.46. The summed E-state index contributed by atoms with van der Waals surface area (Å²) in [5.41, 5.74) is 0. The maximum absolute atomic E-state index is 2.30. The van der Waals surface area contributed by atoms with Crippen LogP contribution in [0, 0.1) is 0 Å². The second-order valence-corrected chi connectivity index (χ2v) is 11.4. The molecule has 0 rings (SSSR count). The van der Waals surface area contributed by atoms with Crippen LogP contribution < -0.4 is 0 Å². The van der Waals surface area contributed by atoms with Crippen molar-refractivity contribution in [3.63, 3.8) is 0 Å². The molecule has 122 valence electrons. The molecule has 0 spiro atoms. The van der Waals surface area contributed by atoms with Crippen molar-refractivity contribution in [2.24, 2.45) is 0 Å². The van der Waals surface area contributed by atoms with Crippen molar-refractivity contribution in [2.45, 2.75) is 116 Å². The Bertz CT molecular complexity index is 141. The van der Waals surface area contributed by atoms with Crippen LogP contribution >= 0.6 is 0 Å². The van der Waals surface area contributed by atoms with Crippen LogP contribution in [0.2, 0.25) is 6.04 Å². The van der Waals surface area contributed by atoms with E-state index in [4.69, 9.17) is 0 Å². The molecule has 0 amide bonds. The molecule has 0 saturated carbocycles. The Morgan fingerprint density at radius 1 is 0.500 bits per heavy atom. The predicted molar refractivity (Wildman–Crippen MR) is 103 cm³/mol. The molecule has 0 N–H and O–H groups in total. The summed E-state index contributed by atoms with van der Waals surface area (Å²) < 4.78 is 0. The molecule has 0 heterocycles. The molecule has 0 radical (unpaired) electrons. The van der Waals surface area contributed by atoms with Crippen LogP contribution in [0.25, 0.3) is 0 Å². The zero-order valence-electron chi connectivity index (χ0n) is 14.7. The Morgan fingerprint density at radius 3 is 1.10 bits per heavy atom. The maximum atomic E-state index is 2.30. The average molecular weight is 315 g/mol. The van der Waals surface area contributed by atoms with Crippen LogP contribution in [0.1, 0.15) is 110 Å². The first-order valence-corrected chi connectivity index (χ1v) is 16.6. The van der Waals surface area contributed by atoms with Gasteiger partial charge in [-0.3, -0.25) is 0 Å². The van der Waals surface area contributed by atoms with Gasteiger partial charge in [-0.05, 0) is 9.76 Å². The van der Waals surface area contributed by atoms with E-state index in [0.717, 1.165) is 0 Å². The van der Waals surface area contributed by atoms with E-state index in [1.165, 1.54) is 96.3 Å². The fraction of sp³-hybridized carbons (Fsp3) is 1.00. The number of rotatable bonds is 17. The van der Waals surface area contributed by atoms with E-state index in [1.807, 2.05) is 0 Å². The Morgan fingerprint density at radius 2 is 0.800 bits per heavy atom. The summed E-state index contributed by atoms with van der Waals surface area (Å²) in [7, 11) is 2.04.